The van der Waals surface area contributed by atoms with Crippen LogP contribution >= 0.6 is 0 Å². The summed E-state index contributed by atoms with van der Waals surface area (Å²) in [5.74, 6) is -0.341. The van der Waals surface area contributed by atoms with E-state index in [2.05, 4.69) is 16.0 Å². The van der Waals surface area contributed by atoms with Gasteiger partial charge in [0.05, 0.1) is 6.04 Å². The summed E-state index contributed by atoms with van der Waals surface area (Å²) in [5, 5.41) is 17.5. The minimum atomic E-state index is -1.01. The molecule has 0 aliphatic carbocycles. The summed E-state index contributed by atoms with van der Waals surface area (Å²) < 4.78 is 10.6. The molecule has 0 radical (unpaired) electrons. The van der Waals surface area contributed by atoms with Crippen LogP contribution < -0.4 is 16.0 Å². The molecular formula is C28H36N4O7. The van der Waals surface area contributed by atoms with Gasteiger partial charge >= 0.3 is 18.3 Å². The summed E-state index contributed by atoms with van der Waals surface area (Å²) >= 11 is 0. The Labute approximate surface area is 227 Å². The monoisotopic (exact) mass is 540 g/mol. The molecule has 210 valence electrons. The van der Waals surface area contributed by atoms with E-state index in [0.29, 0.717) is 30.5 Å². The Balaban J connectivity index is 1.66. The zero-order valence-electron chi connectivity index (χ0n) is 22.4. The third-order valence-electron chi connectivity index (χ3n) is 5.95. The van der Waals surface area contributed by atoms with Gasteiger partial charge in [-0.2, -0.15) is 0 Å². The van der Waals surface area contributed by atoms with E-state index in [9.17, 15) is 19.2 Å². The van der Waals surface area contributed by atoms with Gasteiger partial charge < -0.3 is 35.4 Å². The number of rotatable bonds is 9. The van der Waals surface area contributed by atoms with Gasteiger partial charge in [-0.05, 0) is 56.9 Å². The SMILES string of the molecule is CC(C)(C)OC(=O)NCCC(NC(=O)OCc1ccccc1)c1cccc(C(=O)N[C@H]2CCN(C(=O)O)C2)c1. The molecule has 4 amide bonds. The van der Waals surface area contributed by atoms with Crippen molar-refractivity contribution >= 4 is 24.2 Å². The summed E-state index contributed by atoms with van der Waals surface area (Å²) in [6, 6.07) is 15.2. The number of amides is 4. The fraction of sp³-hybridized carbons (Fsp3) is 0.429. The fourth-order valence-electron chi connectivity index (χ4n) is 4.08. The Bertz CT molecular complexity index is 1150. The number of nitrogens with one attached hydrogen (secondary N) is 3. The number of carbonyl (C=O) groups excluding carboxylic acids is 3. The first-order chi connectivity index (χ1) is 18.5. The Morgan fingerprint density at radius 3 is 2.46 bits per heavy atom. The number of alkyl carbamates (subject to hydrolysis) is 2. The van der Waals surface area contributed by atoms with Crippen LogP contribution in [-0.2, 0) is 16.1 Å². The minimum absolute atomic E-state index is 0.0900. The van der Waals surface area contributed by atoms with E-state index in [0.717, 1.165) is 5.56 Å². The number of carboxylic acid groups (broad SMARTS) is 1. The molecule has 11 nitrogen and oxygen atoms in total. The van der Waals surface area contributed by atoms with Crippen molar-refractivity contribution in [3.63, 3.8) is 0 Å². The second kappa shape index (κ2) is 13.5. The van der Waals surface area contributed by atoms with Crippen molar-refractivity contribution in [1.82, 2.24) is 20.9 Å². The van der Waals surface area contributed by atoms with Crippen LogP contribution in [0.2, 0.25) is 0 Å². The maximum absolute atomic E-state index is 12.9. The van der Waals surface area contributed by atoms with Crippen molar-refractivity contribution in [2.45, 2.75) is 57.9 Å². The molecule has 0 saturated carbocycles. The molecule has 4 N–H and O–H groups in total. The maximum Gasteiger partial charge on any atom is 0.407 e. The van der Waals surface area contributed by atoms with Crippen molar-refractivity contribution in [2.24, 2.45) is 0 Å². The predicted octanol–water partition coefficient (Wildman–Crippen LogP) is 4.05. The number of nitrogens with zero attached hydrogens (tertiary/aromatic N) is 1. The molecule has 1 heterocycles. The number of hydrogen-bond donors (Lipinski definition) is 4. The average molecular weight is 541 g/mol. The van der Waals surface area contributed by atoms with Crippen LogP contribution in [0.3, 0.4) is 0 Å². The first-order valence-corrected chi connectivity index (χ1v) is 12.8. The quantitative estimate of drug-likeness (QED) is 0.375. The topological polar surface area (TPSA) is 146 Å². The highest BCUT2D eigenvalue weighted by atomic mass is 16.6. The van der Waals surface area contributed by atoms with Gasteiger partial charge in [-0.25, -0.2) is 14.4 Å². The number of benzene rings is 2. The smallest absolute Gasteiger partial charge is 0.407 e. The lowest BCUT2D eigenvalue weighted by Crippen LogP contribution is -2.38. The van der Waals surface area contributed by atoms with E-state index >= 15 is 0 Å². The van der Waals surface area contributed by atoms with Crippen LogP contribution in [0.1, 0.15) is 61.1 Å². The molecule has 1 aliphatic rings. The van der Waals surface area contributed by atoms with E-state index in [4.69, 9.17) is 14.6 Å². The predicted molar refractivity (Wildman–Crippen MR) is 143 cm³/mol. The van der Waals surface area contributed by atoms with E-state index < -0.39 is 29.9 Å². The lowest BCUT2D eigenvalue weighted by molar-refractivity contribution is 0.0525. The third kappa shape index (κ3) is 9.84. The van der Waals surface area contributed by atoms with Crippen LogP contribution in [0.25, 0.3) is 0 Å². The van der Waals surface area contributed by atoms with E-state index in [1.54, 1.807) is 45.0 Å². The molecule has 11 heteroatoms. The van der Waals surface area contributed by atoms with Crippen molar-refractivity contribution in [3.05, 3.63) is 71.3 Å². The number of hydrogen-bond acceptors (Lipinski definition) is 6. The van der Waals surface area contributed by atoms with Crippen LogP contribution in [0, 0.1) is 0 Å². The second-order valence-electron chi connectivity index (χ2n) is 10.3. The second-order valence-corrected chi connectivity index (χ2v) is 10.3. The standard InChI is InChI=1S/C28H36N4O7/c1-28(2,3)39-25(34)29-14-12-23(31-26(35)38-18-19-8-5-4-6-9-19)20-10-7-11-21(16-20)24(33)30-22-13-15-32(17-22)27(36)37/h4-11,16,22-23H,12-15,17-18H2,1-3H3,(H,29,34)(H,30,33)(H,31,35)(H,36,37)/t22-,23?/m0/s1. The van der Waals surface area contributed by atoms with Crippen molar-refractivity contribution in [2.75, 3.05) is 19.6 Å². The maximum atomic E-state index is 12.9. The number of likely N-dealkylation sites (tertiary alicyclic amines) is 1. The molecule has 0 spiro atoms. The number of carbonyl (C=O) groups is 4. The van der Waals surface area contributed by atoms with E-state index in [-0.39, 0.29) is 31.6 Å². The molecule has 2 aromatic carbocycles. The van der Waals surface area contributed by atoms with Crippen LogP contribution in [0.5, 0.6) is 0 Å². The lowest BCUT2D eigenvalue weighted by Gasteiger charge is -2.22. The molecule has 1 aliphatic heterocycles. The van der Waals surface area contributed by atoms with Gasteiger partial charge in [0.1, 0.15) is 12.2 Å². The summed E-state index contributed by atoms with van der Waals surface area (Å²) in [6.45, 7) is 6.17. The van der Waals surface area contributed by atoms with Gasteiger partial charge in [-0.3, -0.25) is 4.79 Å². The highest BCUT2D eigenvalue weighted by molar-refractivity contribution is 5.94. The Kier molecular flexibility index (Phi) is 10.1. The normalized spacial score (nSPS) is 15.7. The molecule has 1 saturated heterocycles. The molecule has 2 atom stereocenters. The first-order valence-electron chi connectivity index (χ1n) is 12.8. The van der Waals surface area contributed by atoms with Gasteiger partial charge in [0, 0.05) is 31.2 Å². The summed E-state index contributed by atoms with van der Waals surface area (Å²) in [6.07, 6.45) is -1.39. The molecular weight excluding hydrogens is 504 g/mol. The van der Waals surface area contributed by atoms with Crippen LogP contribution in [0.4, 0.5) is 14.4 Å². The zero-order valence-corrected chi connectivity index (χ0v) is 22.4. The van der Waals surface area contributed by atoms with Crippen molar-refractivity contribution < 1.29 is 33.8 Å². The highest BCUT2D eigenvalue weighted by Crippen LogP contribution is 2.20. The van der Waals surface area contributed by atoms with E-state index in [1.165, 1.54) is 4.90 Å². The van der Waals surface area contributed by atoms with Gasteiger partial charge in [0.25, 0.3) is 5.91 Å². The lowest BCUT2D eigenvalue weighted by atomic mass is 10.0. The molecule has 0 aromatic heterocycles. The van der Waals surface area contributed by atoms with Gasteiger partial charge in [0.15, 0.2) is 0 Å². The molecule has 39 heavy (non-hydrogen) atoms. The average Bonchev–Trinajstić information content (AvgIpc) is 3.35. The van der Waals surface area contributed by atoms with Gasteiger partial charge in [-0.1, -0.05) is 42.5 Å². The molecule has 3 rings (SSSR count). The zero-order chi connectivity index (χ0) is 28.4. The summed E-state index contributed by atoms with van der Waals surface area (Å²) in [7, 11) is 0. The summed E-state index contributed by atoms with van der Waals surface area (Å²) in [5.41, 5.74) is 1.20. The summed E-state index contributed by atoms with van der Waals surface area (Å²) in [4.78, 5) is 50.1. The van der Waals surface area contributed by atoms with Crippen LogP contribution in [0.15, 0.2) is 54.6 Å². The molecule has 2 aromatic rings. The largest absolute Gasteiger partial charge is 0.465 e. The van der Waals surface area contributed by atoms with Crippen LogP contribution in [-0.4, -0.2) is 65.5 Å². The first kappa shape index (κ1) is 29.3. The third-order valence-corrected chi connectivity index (χ3v) is 5.95. The molecule has 1 unspecified atom stereocenters. The Morgan fingerprint density at radius 1 is 1.05 bits per heavy atom. The molecule has 0 bridgehead atoms. The Hall–Kier alpha value is -4.28. The van der Waals surface area contributed by atoms with Gasteiger partial charge in [0.2, 0.25) is 0 Å². The highest BCUT2D eigenvalue weighted by Gasteiger charge is 2.27. The minimum Gasteiger partial charge on any atom is -0.465 e. The van der Waals surface area contributed by atoms with E-state index in [1.807, 2.05) is 30.3 Å². The number of ether oxygens (including phenoxy) is 2. The Morgan fingerprint density at radius 2 is 1.79 bits per heavy atom. The van der Waals surface area contributed by atoms with Crippen molar-refractivity contribution in [1.29, 1.82) is 0 Å². The fourth-order valence-corrected chi connectivity index (χ4v) is 4.08. The molecule has 1 fully saturated rings. The van der Waals surface area contributed by atoms with Gasteiger partial charge in [-0.15, -0.1) is 0 Å². The van der Waals surface area contributed by atoms with Crippen molar-refractivity contribution in [3.8, 4) is 0 Å².